The number of nitrogens with zero attached hydrogens (tertiary/aromatic N) is 4. The highest BCUT2D eigenvalue weighted by atomic mass is 16.5. The molecule has 44 heavy (non-hydrogen) atoms. The number of hydrogen-bond acceptors (Lipinski definition) is 6. The topological polar surface area (TPSA) is 99.7 Å². The number of carbonyl (C=O) groups is 4. The van der Waals surface area contributed by atoms with E-state index in [1.165, 1.54) is 14.2 Å². The Kier molecular flexibility index (Phi) is 7.46. The van der Waals surface area contributed by atoms with Crippen molar-refractivity contribution in [3.05, 3.63) is 53.1 Å². The first-order valence-electron chi connectivity index (χ1n) is 16.0. The number of unbranched alkanes of at least 4 members (excludes halogenated alkanes) is 2. The van der Waals surface area contributed by atoms with Crippen molar-refractivity contribution in [1.29, 1.82) is 0 Å². The van der Waals surface area contributed by atoms with Gasteiger partial charge in [0.1, 0.15) is 6.17 Å². The molecule has 2 bridgehead atoms. The van der Waals surface area contributed by atoms with Crippen molar-refractivity contribution in [3.63, 3.8) is 0 Å². The molecule has 3 saturated heterocycles. The van der Waals surface area contributed by atoms with Crippen molar-refractivity contribution in [2.75, 3.05) is 45.3 Å². The fraction of sp³-hybridized carbons (Fsp3) is 0.529. The molecule has 10 heteroatoms. The van der Waals surface area contributed by atoms with Gasteiger partial charge < -0.3 is 24.2 Å². The smallest absolute Gasteiger partial charge is 0.264 e. The summed E-state index contributed by atoms with van der Waals surface area (Å²) in [6.45, 7) is 2.75. The summed E-state index contributed by atoms with van der Waals surface area (Å²) >= 11 is 0. The fourth-order valence-corrected chi connectivity index (χ4v) is 8.36. The number of methoxy groups -OCH3 is 2. The lowest BCUT2D eigenvalue weighted by Crippen LogP contribution is -2.61. The van der Waals surface area contributed by atoms with Gasteiger partial charge in [-0.3, -0.25) is 24.1 Å². The molecule has 5 heterocycles. The molecule has 4 amide bonds. The van der Waals surface area contributed by atoms with Crippen LogP contribution in [0.4, 0.5) is 5.69 Å². The third-order valence-electron chi connectivity index (χ3n) is 10.3. The van der Waals surface area contributed by atoms with E-state index in [1.54, 1.807) is 21.9 Å². The van der Waals surface area contributed by atoms with Gasteiger partial charge in [-0.25, -0.2) is 0 Å². The highest BCUT2D eigenvalue weighted by Gasteiger charge is 2.49. The number of ether oxygens (including phenoxy) is 2. The van der Waals surface area contributed by atoms with Gasteiger partial charge in [-0.05, 0) is 62.1 Å². The molecule has 0 radical (unpaired) electrons. The van der Waals surface area contributed by atoms with Gasteiger partial charge in [-0.1, -0.05) is 24.6 Å². The van der Waals surface area contributed by atoms with E-state index in [2.05, 4.69) is 4.90 Å². The van der Waals surface area contributed by atoms with Crippen LogP contribution in [0.1, 0.15) is 83.8 Å². The molecule has 2 aromatic rings. The second-order valence-electron chi connectivity index (χ2n) is 12.8. The van der Waals surface area contributed by atoms with Crippen molar-refractivity contribution in [3.8, 4) is 11.5 Å². The lowest BCUT2D eigenvalue weighted by atomic mass is 9.76. The van der Waals surface area contributed by atoms with Gasteiger partial charge in [0, 0.05) is 50.6 Å². The minimum Gasteiger partial charge on any atom is -0.493 e. The number of amides is 4. The average molecular weight is 601 g/mol. The number of rotatable bonds is 8. The van der Waals surface area contributed by atoms with Gasteiger partial charge in [0.05, 0.1) is 31.0 Å². The Hall–Kier alpha value is -4.08. The second kappa shape index (κ2) is 11.4. The minimum absolute atomic E-state index is 0.108. The highest BCUT2D eigenvalue weighted by Crippen LogP contribution is 2.49. The number of hydrogen-bond donors (Lipinski definition) is 0. The predicted octanol–water partition coefficient (Wildman–Crippen LogP) is 4.24. The molecule has 3 fully saturated rings. The SMILES string of the molecule is COc1ccc2c(c1OC)C(=O)N1c3ccccc3C(=O)N(CCCCCC(=O)N3C[C@H]4C[C@@H](C3)[C@H]3CCCC(=O)N3C4)[C@@H]21. The maximum Gasteiger partial charge on any atom is 0.264 e. The van der Waals surface area contributed by atoms with E-state index in [9.17, 15) is 19.2 Å². The van der Waals surface area contributed by atoms with E-state index >= 15 is 0 Å². The van der Waals surface area contributed by atoms with Crippen molar-refractivity contribution in [1.82, 2.24) is 14.7 Å². The number of likely N-dealkylation sites (tertiary alicyclic amines) is 1. The monoisotopic (exact) mass is 600 g/mol. The van der Waals surface area contributed by atoms with E-state index in [1.807, 2.05) is 29.2 Å². The summed E-state index contributed by atoms with van der Waals surface area (Å²) in [5.41, 5.74) is 2.24. The quantitative estimate of drug-likeness (QED) is 0.421. The number of benzene rings is 2. The maximum absolute atomic E-state index is 13.9. The van der Waals surface area contributed by atoms with Crippen LogP contribution < -0.4 is 14.4 Å². The summed E-state index contributed by atoms with van der Waals surface area (Å²) in [7, 11) is 3.05. The van der Waals surface area contributed by atoms with Crippen LogP contribution in [0.15, 0.2) is 36.4 Å². The second-order valence-corrected chi connectivity index (χ2v) is 12.8. The number of piperidine rings is 3. The number of fused-ring (bicyclic) bond motifs is 9. The van der Waals surface area contributed by atoms with Crippen LogP contribution in [-0.2, 0) is 9.59 Å². The molecule has 0 saturated carbocycles. The molecule has 10 nitrogen and oxygen atoms in total. The molecule has 0 aromatic heterocycles. The lowest BCUT2D eigenvalue weighted by Gasteiger charge is -2.52. The van der Waals surface area contributed by atoms with Gasteiger partial charge in [0.15, 0.2) is 11.5 Å². The summed E-state index contributed by atoms with van der Waals surface area (Å²) < 4.78 is 11.1. The zero-order valence-electron chi connectivity index (χ0n) is 25.5. The molecule has 232 valence electrons. The van der Waals surface area contributed by atoms with Crippen LogP contribution >= 0.6 is 0 Å². The number of carbonyl (C=O) groups excluding carboxylic acids is 4. The zero-order valence-corrected chi connectivity index (χ0v) is 25.5. The van der Waals surface area contributed by atoms with Crippen LogP contribution in [-0.4, -0.2) is 84.8 Å². The third-order valence-corrected chi connectivity index (χ3v) is 10.3. The third kappa shape index (κ3) is 4.61. The minimum atomic E-state index is -0.569. The van der Waals surface area contributed by atoms with Gasteiger partial charge >= 0.3 is 0 Å². The van der Waals surface area contributed by atoms with E-state index < -0.39 is 6.17 Å². The normalized spacial score (nSPS) is 25.4. The molecular formula is C34H40N4O6. The van der Waals surface area contributed by atoms with Crippen molar-refractivity contribution in [2.24, 2.45) is 11.8 Å². The van der Waals surface area contributed by atoms with Crippen molar-refractivity contribution in [2.45, 2.75) is 63.6 Å². The molecule has 0 spiro atoms. The summed E-state index contributed by atoms with van der Waals surface area (Å²) in [6, 6.07) is 11.2. The number of para-hydroxylation sites is 1. The summed E-state index contributed by atoms with van der Waals surface area (Å²) in [5, 5.41) is 0. The average Bonchev–Trinajstić information content (AvgIpc) is 3.34. The van der Waals surface area contributed by atoms with Gasteiger partial charge in [-0.15, -0.1) is 0 Å². The molecule has 0 N–H and O–H groups in total. The first-order valence-corrected chi connectivity index (χ1v) is 16.0. The Labute approximate surface area is 257 Å². The van der Waals surface area contributed by atoms with Gasteiger partial charge in [0.25, 0.3) is 11.8 Å². The summed E-state index contributed by atoms with van der Waals surface area (Å²) in [5.74, 6) is 1.77. The fourth-order valence-electron chi connectivity index (χ4n) is 8.36. The number of anilines is 1. The standard InChI is InChI=1S/C34H40N4O6/c1-43-27-15-14-24-30(31(27)44-2)34(42)38-26-10-6-5-9-23(26)33(41)36(32(24)38)16-7-3-4-12-28(39)35-18-21-17-22(20-35)25-11-8-13-29(40)37(25)19-21/h5-6,9-10,14-15,21-22,25,32H,3-4,7-8,11-13,16-20H2,1-2H3/t21-,22+,25-,32-/m1/s1. The van der Waals surface area contributed by atoms with Crippen LogP contribution in [0.3, 0.4) is 0 Å². The van der Waals surface area contributed by atoms with Crippen LogP contribution in [0.5, 0.6) is 11.5 Å². The molecule has 5 aliphatic rings. The van der Waals surface area contributed by atoms with E-state index in [-0.39, 0.29) is 17.7 Å². The Morgan fingerprint density at radius 3 is 2.59 bits per heavy atom. The first-order chi connectivity index (χ1) is 21.4. The highest BCUT2D eigenvalue weighted by molar-refractivity contribution is 6.18. The maximum atomic E-state index is 13.9. The van der Waals surface area contributed by atoms with E-state index in [0.717, 1.165) is 57.3 Å². The van der Waals surface area contributed by atoms with Gasteiger partial charge in [-0.2, -0.15) is 0 Å². The van der Waals surface area contributed by atoms with Crippen LogP contribution in [0.2, 0.25) is 0 Å². The predicted molar refractivity (Wildman–Crippen MR) is 163 cm³/mol. The zero-order chi connectivity index (χ0) is 30.5. The lowest BCUT2D eigenvalue weighted by molar-refractivity contribution is -0.148. The molecule has 2 aromatic carbocycles. The molecule has 7 rings (SSSR count). The molecule has 0 aliphatic carbocycles. The van der Waals surface area contributed by atoms with Crippen molar-refractivity contribution < 1.29 is 28.7 Å². The van der Waals surface area contributed by atoms with E-state index in [0.29, 0.717) is 77.9 Å². The molecule has 4 atom stereocenters. The Bertz CT molecular complexity index is 1510. The van der Waals surface area contributed by atoms with Crippen LogP contribution in [0.25, 0.3) is 0 Å². The Balaban J connectivity index is 1.01. The largest absolute Gasteiger partial charge is 0.493 e. The van der Waals surface area contributed by atoms with E-state index in [4.69, 9.17) is 9.47 Å². The summed E-state index contributed by atoms with van der Waals surface area (Å²) in [6.07, 6.45) is 5.96. The van der Waals surface area contributed by atoms with Crippen molar-refractivity contribution >= 4 is 29.3 Å². The summed E-state index contributed by atoms with van der Waals surface area (Å²) in [4.78, 5) is 61.0. The Morgan fingerprint density at radius 2 is 1.77 bits per heavy atom. The molecular weight excluding hydrogens is 560 g/mol. The molecule has 0 unspecified atom stereocenters. The Morgan fingerprint density at radius 1 is 0.932 bits per heavy atom. The van der Waals surface area contributed by atoms with Gasteiger partial charge in [0.2, 0.25) is 11.8 Å². The first kappa shape index (κ1) is 28.7. The molecule has 5 aliphatic heterocycles. The van der Waals surface area contributed by atoms with Crippen LogP contribution in [0, 0.1) is 11.8 Å².